The van der Waals surface area contributed by atoms with Crippen molar-refractivity contribution in [2.45, 2.75) is 26.2 Å². The smallest absolute Gasteiger partial charge is 0.168 e. The molecule has 4 aromatic rings. The van der Waals surface area contributed by atoms with Crippen LogP contribution in [0.3, 0.4) is 0 Å². The number of nitrogens with zero attached hydrogens (tertiary/aromatic N) is 3. The largest absolute Gasteiger partial charge is 0.282 e. The number of benzene rings is 2. The van der Waals surface area contributed by atoms with Crippen LogP contribution >= 0.6 is 15.9 Å². The molecule has 0 aliphatic carbocycles. The topological polar surface area (TPSA) is 30.2 Å². The second-order valence-electron chi connectivity index (χ2n) is 7.06. The van der Waals surface area contributed by atoms with E-state index in [0.717, 1.165) is 26.9 Å². The Morgan fingerprint density at radius 2 is 1.54 bits per heavy atom. The summed E-state index contributed by atoms with van der Waals surface area (Å²) in [5.41, 5.74) is 3.29. The first-order valence-electron chi connectivity index (χ1n) is 7.98. The molecule has 0 saturated carbocycles. The quantitative estimate of drug-likeness (QED) is 0.430. The van der Waals surface area contributed by atoms with E-state index >= 15 is 0 Å². The van der Waals surface area contributed by atoms with E-state index in [2.05, 4.69) is 93.9 Å². The fourth-order valence-corrected chi connectivity index (χ4v) is 3.37. The third-order valence-corrected chi connectivity index (χ3v) is 4.85. The maximum atomic E-state index is 4.47. The van der Waals surface area contributed by atoms with Crippen LogP contribution in [0.2, 0.25) is 0 Å². The standard InChI is InChI=1S/C20H18BrN3/c1-20(2,3)17-12-24-18(13-8-10-14(21)11-9-13)22-23-19(24)16-7-5-4-6-15(16)17/h4-12H,1-3H3. The Labute approximate surface area is 149 Å². The lowest BCUT2D eigenvalue weighted by molar-refractivity contribution is 0.592. The number of hydrogen-bond donors (Lipinski definition) is 0. The normalized spacial score (nSPS) is 12.2. The van der Waals surface area contributed by atoms with Gasteiger partial charge in [-0.3, -0.25) is 4.40 Å². The molecule has 4 rings (SSSR count). The molecule has 0 amide bonds. The van der Waals surface area contributed by atoms with Crippen LogP contribution in [-0.2, 0) is 5.41 Å². The van der Waals surface area contributed by atoms with Gasteiger partial charge in [-0.25, -0.2) is 0 Å². The molecule has 0 saturated heterocycles. The van der Waals surface area contributed by atoms with E-state index in [1.54, 1.807) is 0 Å². The van der Waals surface area contributed by atoms with Gasteiger partial charge in [0.1, 0.15) is 0 Å². The summed E-state index contributed by atoms with van der Waals surface area (Å²) < 4.78 is 3.17. The van der Waals surface area contributed by atoms with Crippen molar-refractivity contribution in [3.8, 4) is 11.4 Å². The number of pyridine rings is 1. The molecule has 4 heteroatoms. The van der Waals surface area contributed by atoms with Gasteiger partial charge in [-0.05, 0) is 28.5 Å². The molecule has 0 fully saturated rings. The summed E-state index contributed by atoms with van der Waals surface area (Å²) in [4.78, 5) is 0. The lowest BCUT2D eigenvalue weighted by Gasteiger charge is -2.22. The Morgan fingerprint density at radius 3 is 2.21 bits per heavy atom. The molecule has 2 aromatic heterocycles. The van der Waals surface area contributed by atoms with Crippen LogP contribution in [0.5, 0.6) is 0 Å². The highest BCUT2D eigenvalue weighted by molar-refractivity contribution is 9.10. The SMILES string of the molecule is CC(C)(C)c1cn2c(-c3ccc(Br)cc3)nnc2c2ccccc12. The van der Waals surface area contributed by atoms with Gasteiger partial charge in [0.15, 0.2) is 11.5 Å². The summed E-state index contributed by atoms with van der Waals surface area (Å²) in [7, 11) is 0. The molecule has 0 N–H and O–H groups in total. The van der Waals surface area contributed by atoms with Crippen molar-refractivity contribution in [2.75, 3.05) is 0 Å². The van der Waals surface area contributed by atoms with Crippen molar-refractivity contribution in [3.05, 3.63) is 64.8 Å². The van der Waals surface area contributed by atoms with Crippen molar-refractivity contribution in [1.82, 2.24) is 14.6 Å². The Bertz CT molecular complexity index is 1040. The summed E-state index contributed by atoms with van der Waals surface area (Å²) in [5.74, 6) is 0.869. The molecule has 0 radical (unpaired) electrons. The third-order valence-electron chi connectivity index (χ3n) is 4.32. The average Bonchev–Trinajstić information content (AvgIpc) is 2.98. The summed E-state index contributed by atoms with van der Waals surface area (Å²) in [6.07, 6.45) is 2.19. The van der Waals surface area contributed by atoms with E-state index in [0.29, 0.717) is 0 Å². The van der Waals surface area contributed by atoms with E-state index in [1.165, 1.54) is 10.9 Å². The Morgan fingerprint density at radius 1 is 0.875 bits per heavy atom. The Kier molecular flexibility index (Phi) is 3.46. The zero-order chi connectivity index (χ0) is 16.9. The van der Waals surface area contributed by atoms with Crippen molar-refractivity contribution >= 4 is 32.3 Å². The van der Waals surface area contributed by atoms with Gasteiger partial charge in [0.2, 0.25) is 0 Å². The highest BCUT2D eigenvalue weighted by Gasteiger charge is 2.21. The van der Waals surface area contributed by atoms with E-state index in [-0.39, 0.29) is 5.41 Å². The van der Waals surface area contributed by atoms with Crippen molar-refractivity contribution in [2.24, 2.45) is 0 Å². The highest BCUT2D eigenvalue weighted by atomic mass is 79.9. The van der Waals surface area contributed by atoms with Crippen LogP contribution in [0, 0.1) is 0 Å². The summed E-state index contributed by atoms with van der Waals surface area (Å²) in [5, 5.41) is 11.3. The summed E-state index contributed by atoms with van der Waals surface area (Å²) in [6, 6.07) is 16.6. The van der Waals surface area contributed by atoms with Crippen molar-refractivity contribution < 1.29 is 0 Å². The third kappa shape index (κ3) is 2.42. The van der Waals surface area contributed by atoms with Crippen LogP contribution in [-0.4, -0.2) is 14.6 Å². The van der Waals surface area contributed by atoms with E-state index in [4.69, 9.17) is 0 Å². The van der Waals surface area contributed by atoms with Crippen molar-refractivity contribution in [1.29, 1.82) is 0 Å². The highest BCUT2D eigenvalue weighted by Crippen LogP contribution is 2.33. The summed E-state index contributed by atoms with van der Waals surface area (Å²) in [6.45, 7) is 6.72. The van der Waals surface area contributed by atoms with Gasteiger partial charge in [-0.1, -0.05) is 73.1 Å². The molecule has 0 aliphatic rings. The number of aromatic nitrogens is 3. The minimum atomic E-state index is 0.0368. The van der Waals surface area contributed by atoms with Gasteiger partial charge in [0.25, 0.3) is 0 Å². The van der Waals surface area contributed by atoms with Crippen molar-refractivity contribution in [3.63, 3.8) is 0 Å². The molecular weight excluding hydrogens is 362 g/mol. The lowest BCUT2D eigenvalue weighted by Crippen LogP contribution is -2.13. The van der Waals surface area contributed by atoms with Crippen LogP contribution in [0.4, 0.5) is 0 Å². The van der Waals surface area contributed by atoms with E-state index in [1.807, 2.05) is 12.1 Å². The van der Waals surface area contributed by atoms with E-state index in [9.17, 15) is 0 Å². The first kappa shape index (κ1) is 15.3. The Balaban J connectivity index is 2.09. The molecule has 24 heavy (non-hydrogen) atoms. The monoisotopic (exact) mass is 379 g/mol. The number of fused-ring (bicyclic) bond motifs is 3. The van der Waals surface area contributed by atoms with Crippen LogP contribution in [0.1, 0.15) is 26.3 Å². The van der Waals surface area contributed by atoms with E-state index < -0.39 is 0 Å². The molecular formula is C20H18BrN3. The summed E-state index contributed by atoms with van der Waals surface area (Å²) >= 11 is 3.49. The number of rotatable bonds is 1. The molecule has 0 aliphatic heterocycles. The molecule has 120 valence electrons. The molecule has 2 heterocycles. The molecule has 0 unspecified atom stereocenters. The van der Waals surface area contributed by atoms with Gasteiger partial charge >= 0.3 is 0 Å². The zero-order valence-corrected chi connectivity index (χ0v) is 15.5. The first-order valence-corrected chi connectivity index (χ1v) is 8.77. The fourth-order valence-electron chi connectivity index (χ4n) is 3.10. The molecule has 0 atom stereocenters. The Hall–Kier alpha value is -2.20. The number of halogens is 1. The van der Waals surface area contributed by atoms with Gasteiger partial charge in [0, 0.05) is 21.6 Å². The lowest BCUT2D eigenvalue weighted by atomic mass is 9.85. The van der Waals surface area contributed by atoms with Gasteiger partial charge in [-0.15, -0.1) is 10.2 Å². The van der Waals surface area contributed by atoms with Crippen LogP contribution < -0.4 is 0 Å². The molecule has 0 spiro atoms. The van der Waals surface area contributed by atoms with Gasteiger partial charge in [0.05, 0.1) is 0 Å². The number of hydrogen-bond acceptors (Lipinski definition) is 2. The maximum absolute atomic E-state index is 4.47. The fraction of sp³-hybridized carbons (Fsp3) is 0.200. The molecule has 2 aromatic carbocycles. The van der Waals surface area contributed by atoms with Crippen LogP contribution in [0.15, 0.2) is 59.2 Å². The molecule has 3 nitrogen and oxygen atoms in total. The van der Waals surface area contributed by atoms with Crippen LogP contribution in [0.25, 0.3) is 27.8 Å². The first-order chi connectivity index (χ1) is 11.4. The maximum Gasteiger partial charge on any atom is 0.168 e. The average molecular weight is 380 g/mol. The van der Waals surface area contributed by atoms with Gasteiger partial charge in [-0.2, -0.15) is 0 Å². The second kappa shape index (κ2) is 5.42. The minimum Gasteiger partial charge on any atom is -0.282 e. The zero-order valence-electron chi connectivity index (χ0n) is 13.9. The predicted octanol–water partition coefficient (Wildman–Crippen LogP) is 5.61. The molecule has 0 bridgehead atoms. The second-order valence-corrected chi connectivity index (χ2v) is 7.98. The minimum absolute atomic E-state index is 0.0368. The predicted molar refractivity (Wildman–Crippen MR) is 102 cm³/mol. The van der Waals surface area contributed by atoms with Gasteiger partial charge < -0.3 is 0 Å².